The van der Waals surface area contributed by atoms with Gasteiger partial charge in [-0.05, 0) is 70.0 Å². The minimum absolute atomic E-state index is 0.0259. The highest BCUT2D eigenvalue weighted by Gasteiger charge is 2.18. The summed E-state index contributed by atoms with van der Waals surface area (Å²) in [5, 5.41) is 5.24. The number of carbonyl (C=O) groups is 3. The molecule has 0 radical (unpaired) electrons. The number of esters is 1. The smallest absolute Gasteiger partial charge is 0.337 e. The van der Waals surface area contributed by atoms with Crippen molar-refractivity contribution >= 4 is 45.5 Å². The molecule has 0 aliphatic carbocycles. The second kappa shape index (κ2) is 10.5. The molecule has 1 aromatic heterocycles. The molecule has 2 aromatic carbocycles. The summed E-state index contributed by atoms with van der Waals surface area (Å²) in [5.74, 6) is -1.06. The van der Waals surface area contributed by atoms with Gasteiger partial charge >= 0.3 is 5.97 Å². The van der Waals surface area contributed by atoms with Crippen molar-refractivity contribution in [2.45, 2.75) is 0 Å². The molecule has 0 unspecified atom stereocenters. The first-order chi connectivity index (χ1) is 15.4. The molecule has 0 bridgehead atoms. The summed E-state index contributed by atoms with van der Waals surface area (Å²) in [6.07, 6.45) is 1.51. The Morgan fingerprint density at radius 2 is 1.75 bits per heavy atom. The van der Waals surface area contributed by atoms with E-state index in [1.165, 1.54) is 25.3 Å². The second-order valence-electron chi connectivity index (χ2n) is 6.42. The fourth-order valence-electron chi connectivity index (χ4n) is 2.69. The SMILES string of the molecule is COC(=O)c1cccc(NC(=O)/C(=C\c2ccc(OC)cc2)NC(=O)c2ccc(Br)o2)c1. The van der Waals surface area contributed by atoms with Crippen LogP contribution < -0.4 is 15.4 Å². The molecule has 9 heteroatoms. The molecule has 2 amide bonds. The second-order valence-corrected chi connectivity index (χ2v) is 7.20. The molecule has 32 heavy (non-hydrogen) atoms. The van der Waals surface area contributed by atoms with Crippen LogP contribution >= 0.6 is 15.9 Å². The molecule has 0 atom stereocenters. The Hall–Kier alpha value is -3.85. The van der Waals surface area contributed by atoms with Gasteiger partial charge in [0, 0.05) is 5.69 Å². The third kappa shape index (κ3) is 5.86. The monoisotopic (exact) mass is 498 g/mol. The number of nitrogens with one attached hydrogen (secondary N) is 2. The molecule has 164 valence electrons. The van der Waals surface area contributed by atoms with Gasteiger partial charge in [-0.2, -0.15) is 0 Å². The Balaban J connectivity index is 1.88. The number of hydrogen-bond donors (Lipinski definition) is 2. The first-order valence-electron chi connectivity index (χ1n) is 9.32. The van der Waals surface area contributed by atoms with Crippen LogP contribution in [0, 0.1) is 0 Å². The fourth-order valence-corrected chi connectivity index (χ4v) is 2.99. The largest absolute Gasteiger partial charge is 0.497 e. The van der Waals surface area contributed by atoms with Gasteiger partial charge in [0.2, 0.25) is 0 Å². The number of halogens is 1. The first-order valence-corrected chi connectivity index (χ1v) is 10.1. The highest BCUT2D eigenvalue weighted by molar-refractivity contribution is 9.10. The van der Waals surface area contributed by atoms with Crippen LogP contribution in [0.25, 0.3) is 6.08 Å². The maximum Gasteiger partial charge on any atom is 0.337 e. The summed E-state index contributed by atoms with van der Waals surface area (Å²) in [7, 11) is 2.82. The number of rotatable bonds is 7. The van der Waals surface area contributed by atoms with Crippen molar-refractivity contribution < 1.29 is 28.3 Å². The number of hydrogen-bond acceptors (Lipinski definition) is 6. The van der Waals surface area contributed by atoms with Crippen molar-refractivity contribution in [3.05, 3.63) is 87.9 Å². The van der Waals surface area contributed by atoms with Gasteiger partial charge in [-0.1, -0.05) is 18.2 Å². The van der Waals surface area contributed by atoms with Crippen LogP contribution in [0.5, 0.6) is 5.75 Å². The molecule has 0 saturated heterocycles. The molecular formula is C23H19BrN2O6. The third-order valence-corrected chi connectivity index (χ3v) is 4.68. The number of amides is 2. The van der Waals surface area contributed by atoms with Gasteiger partial charge in [-0.25, -0.2) is 4.79 Å². The molecule has 0 spiro atoms. The molecule has 0 aliphatic rings. The van der Waals surface area contributed by atoms with Crippen molar-refractivity contribution in [2.75, 3.05) is 19.5 Å². The van der Waals surface area contributed by atoms with Crippen molar-refractivity contribution in [3.8, 4) is 5.75 Å². The van der Waals surface area contributed by atoms with Gasteiger partial charge in [-0.3, -0.25) is 9.59 Å². The predicted octanol–water partition coefficient (Wildman–Crippen LogP) is 4.25. The zero-order chi connectivity index (χ0) is 23.1. The lowest BCUT2D eigenvalue weighted by atomic mass is 10.1. The van der Waals surface area contributed by atoms with Crippen LogP contribution in [0.15, 0.2) is 75.4 Å². The summed E-state index contributed by atoms with van der Waals surface area (Å²) in [6, 6.07) is 16.2. The van der Waals surface area contributed by atoms with Gasteiger partial charge < -0.3 is 24.5 Å². The standard InChI is InChI=1S/C23H19BrN2O6/c1-30-17-8-6-14(7-9-17)12-18(26-22(28)19-10-11-20(24)32-19)21(27)25-16-5-3-4-15(13-16)23(29)31-2/h3-13H,1-2H3,(H,25,27)(H,26,28)/b18-12+. The van der Waals surface area contributed by atoms with E-state index in [0.717, 1.165) is 0 Å². The van der Waals surface area contributed by atoms with Crippen LogP contribution in [0.1, 0.15) is 26.5 Å². The van der Waals surface area contributed by atoms with Crippen molar-refractivity contribution in [2.24, 2.45) is 0 Å². The average molecular weight is 499 g/mol. The summed E-state index contributed by atoms with van der Waals surface area (Å²) >= 11 is 3.14. The Morgan fingerprint density at radius 1 is 1.00 bits per heavy atom. The first kappa shape index (κ1) is 22.8. The van der Waals surface area contributed by atoms with Crippen LogP contribution in [0.3, 0.4) is 0 Å². The molecule has 0 fully saturated rings. The lowest BCUT2D eigenvalue weighted by Crippen LogP contribution is -2.30. The van der Waals surface area contributed by atoms with E-state index in [9.17, 15) is 14.4 Å². The molecule has 0 aliphatic heterocycles. The summed E-state index contributed by atoms with van der Waals surface area (Å²) in [4.78, 5) is 37.3. The normalized spacial score (nSPS) is 10.9. The highest BCUT2D eigenvalue weighted by Crippen LogP contribution is 2.18. The van der Waals surface area contributed by atoms with E-state index in [1.807, 2.05) is 0 Å². The maximum atomic E-state index is 13.0. The van der Waals surface area contributed by atoms with Gasteiger partial charge in [0.15, 0.2) is 10.4 Å². The van der Waals surface area contributed by atoms with Crippen LogP contribution in [0.2, 0.25) is 0 Å². The van der Waals surface area contributed by atoms with E-state index in [4.69, 9.17) is 13.9 Å². The third-order valence-electron chi connectivity index (χ3n) is 4.26. The maximum absolute atomic E-state index is 13.0. The molecule has 8 nitrogen and oxygen atoms in total. The van der Waals surface area contributed by atoms with Crippen molar-refractivity contribution in [1.82, 2.24) is 5.32 Å². The van der Waals surface area contributed by atoms with Crippen LogP contribution in [-0.4, -0.2) is 32.0 Å². The van der Waals surface area contributed by atoms with E-state index in [-0.39, 0.29) is 17.0 Å². The van der Waals surface area contributed by atoms with E-state index in [0.29, 0.717) is 21.7 Å². The fraction of sp³-hybridized carbons (Fsp3) is 0.0870. The minimum Gasteiger partial charge on any atom is -0.497 e. The number of anilines is 1. The molecular weight excluding hydrogens is 480 g/mol. The van der Waals surface area contributed by atoms with Gasteiger partial charge in [0.1, 0.15) is 11.4 Å². The van der Waals surface area contributed by atoms with Crippen LogP contribution in [-0.2, 0) is 9.53 Å². The van der Waals surface area contributed by atoms with E-state index < -0.39 is 17.8 Å². The number of carbonyl (C=O) groups excluding carboxylic acids is 3. The quantitative estimate of drug-likeness (QED) is 0.372. The lowest BCUT2D eigenvalue weighted by molar-refractivity contribution is -0.113. The zero-order valence-electron chi connectivity index (χ0n) is 17.2. The Morgan fingerprint density at radius 3 is 2.38 bits per heavy atom. The summed E-state index contributed by atoms with van der Waals surface area (Å²) < 4.78 is 15.5. The topological polar surface area (TPSA) is 107 Å². The highest BCUT2D eigenvalue weighted by atomic mass is 79.9. The van der Waals surface area contributed by atoms with E-state index >= 15 is 0 Å². The van der Waals surface area contributed by atoms with Gasteiger partial charge in [0.05, 0.1) is 19.8 Å². The molecule has 1 heterocycles. The Bertz CT molecular complexity index is 1170. The number of furan rings is 1. The van der Waals surface area contributed by atoms with E-state index in [2.05, 4.69) is 26.6 Å². The number of methoxy groups -OCH3 is 2. The number of benzene rings is 2. The van der Waals surface area contributed by atoms with E-state index in [1.54, 1.807) is 55.6 Å². The van der Waals surface area contributed by atoms with Gasteiger partial charge in [-0.15, -0.1) is 0 Å². The Kier molecular flexibility index (Phi) is 7.45. The van der Waals surface area contributed by atoms with Crippen molar-refractivity contribution in [3.63, 3.8) is 0 Å². The van der Waals surface area contributed by atoms with Crippen molar-refractivity contribution in [1.29, 1.82) is 0 Å². The average Bonchev–Trinajstić information content (AvgIpc) is 3.25. The summed E-state index contributed by atoms with van der Waals surface area (Å²) in [5.41, 5.74) is 1.25. The molecule has 3 rings (SSSR count). The zero-order valence-corrected chi connectivity index (χ0v) is 18.8. The molecule has 2 N–H and O–H groups in total. The molecule has 3 aromatic rings. The van der Waals surface area contributed by atoms with Gasteiger partial charge in [0.25, 0.3) is 11.8 Å². The number of ether oxygens (including phenoxy) is 2. The Labute approximate surface area is 192 Å². The molecule has 0 saturated carbocycles. The van der Waals surface area contributed by atoms with Crippen LogP contribution in [0.4, 0.5) is 5.69 Å². The predicted molar refractivity (Wildman–Crippen MR) is 121 cm³/mol. The minimum atomic E-state index is -0.603. The summed E-state index contributed by atoms with van der Waals surface area (Å²) in [6.45, 7) is 0. The lowest BCUT2D eigenvalue weighted by Gasteiger charge is -2.11.